The van der Waals surface area contributed by atoms with E-state index >= 15 is 0 Å². The van der Waals surface area contributed by atoms with Gasteiger partial charge in [0.25, 0.3) is 0 Å². The van der Waals surface area contributed by atoms with Gasteiger partial charge >= 0.3 is 12.3 Å². The van der Waals surface area contributed by atoms with Gasteiger partial charge in [-0.2, -0.15) is 13.2 Å². The highest BCUT2D eigenvalue weighted by Gasteiger charge is 2.44. The molecule has 0 aliphatic heterocycles. The Morgan fingerprint density at radius 1 is 1.00 bits per heavy atom. The van der Waals surface area contributed by atoms with Crippen molar-refractivity contribution in [3.63, 3.8) is 0 Å². The normalized spacial score (nSPS) is 13.9. The van der Waals surface area contributed by atoms with Crippen molar-refractivity contribution in [1.82, 2.24) is 5.32 Å². The Morgan fingerprint density at radius 2 is 1.58 bits per heavy atom. The number of hydrogen-bond acceptors (Lipinski definition) is 3. The standard InChI is InChI=1S/C23H17F4NO3/c24-20-11-13(29)9-10-18(20)21(23(25,26)27)28-22(30)31-12-19-16-7-3-1-5-14(16)15-6-2-4-8-17(15)19/h1-11,19,21,29H,12H2,(H,28,30)/t21-/m0/s1. The van der Waals surface area contributed by atoms with E-state index in [-0.39, 0.29) is 12.5 Å². The van der Waals surface area contributed by atoms with Gasteiger partial charge in [0.15, 0.2) is 6.04 Å². The second-order valence-corrected chi connectivity index (χ2v) is 7.15. The monoisotopic (exact) mass is 431 g/mol. The van der Waals surface area contributed by atoms with Gasteiger partial charge in [0.05, 0.1) is 0 Å². The number of phenols is 1. The van der Waals surface area contributed by atoms with E-state index in [1.54, 1.807) is 5.32 Å². The van der Waals surface area contributed by atoms with Crippen LogP contribution in [0, 0.1) is 5.82 Å². The van der Waals surface area contributed by atoms with Crippen LogP contribution in [0.15, 0.2) is 66.7 Å². The lowest BCUT2D eigenvalue weighted by atomic mass is 9.98. The second-order valence-electron chi connectivity index (χ2n) is 7.15. The molecule has 2 N–H and O–H groups in total. The summed E-state index contributed by atoms with van der Waals surface area (Å²) < 4.78 is 59.6. The first-order valence-corrected chi connectivity index (χ1v) is 9.42. The summed E-state index contributed by atoms with van der Waals surface area (Å²) in [4.78, 5) is 12.2. The van der Waals surface area contributed by atoms with Crippen molar-refractivity contribution in [2.75, 3.05) is 6.61 Å². The van der Waals surface area contributed by atoms with Crippen molar-refractivity contribution in [2.45, 2.75) is 18.1 Å². The van der Waals surface area contributed by atoms with Gasteiger partial charge in [0, 0.05) is 17.5 Å². The van der Waals surface area contributed by atoms with E-state index in [4.69, 9.17) is 4.74 Å². The number of ether oxygens (including phenoxy) is 1. The van der Waals surface area contributed by atoms with E-state index in [0.717, 1.165) is 34.4 Å². The van der Waals surface area contributed by atoms with E-state index in [2.05, 4.69) is 0 Å². The summed E-state index contributed by atoms with van der Waals surface area (Å²) in [5.74, 6) is -2.14. The van der Waals surface area contributed by atoms with Crippen molar-refractivity contribution in [3.05, 3.63) is 89.2 Å². The minimum absolute atomic E-state index is 0.178. The van der Waals surface area contributed by atoms with Crippen LogP contribution in [0.3, 0.4) is 0 Å². The molecule has 1 aliphatic carbocycles. The summed E-state index contributed by atoms with van der Waals surface area (Å²) in [6.45, 7) is -0.178. The Bertz CT molecular complexity index is 1080. The molecule has 0 unspecified atom stereocenters. The zero-order valence-corrected chi connectivity index (χ0v) is 16.0. The number of alkyl carbamates (subject to hydrolysis) is 1. The van der Waals surface area contributed by atoms with Gasteiger partial charge in [-0.3, -0.25) is 0 Å². The first kappa shape index (κ1) is 20.7. The highest BCUT2D eigenvalue weighted by molar-refractivity contribution is 5.79. The lowest BCUT2D eigenvalue weighted by Crippen LogP contribution is -2.39. The molecule has 0 fully saturated rings. The van der Waals surface area contributed by atoms with Crippen LogP contribution in [0.2, 0.25) is 0 Å². The Hall–Kier alpha value is -3.55. The molecule has 31 heavy (non-hydrogen) atoms. The lowest BCUT2D eigenvalue weighted by molar-refractivity contribution is -0.156. The molecule has 0 spiro atoms. The number of carbonyl (C=O) groups is 1. The fourth-order valence-electron chi connectivity index (χ4n) is 3.84. The lowest BCUT2D eigenvalue weighted by Gasteiger charge is -2.23. The third-order valence-electron chi connectivity index (χ3n) is 5.23. The van der Waals surface area contributed by atoms with Gasteiger partial charge in [0.1, 0.15) is 18.2 Å². The van der Waals surface area contributed by atoms with Crippen LogP contribution in [0.1, 0.15) is 28.7 Å². The van der Waals surface area contributed by atoms with Crippen LogP contribution < -0.4 is 5.32 Å². The molecule has 0 heterocycles. The predicted octanol–water partition coefficient (Wildman–Crippen LogP) is 5.67. The quantitative estimate of drug-likeness (QED) is 0.523. The molecule has 0 radical (unpaired) electrons. The van der Waals surface area contributed by atoms with Crippen LogP contribution in [0.5, 0.6) is 5.75 Å². The highest BCUT2D eigenvalue weighted by atomic mass is 19.4. The van der Waals surface area contributed by atoms with E-state index in [1.807, 2.05) is 48.5 Å². The Kier molecular flexibility index (Phi) is 5.31. The largest absolute Gasteiger partial charge is 0.508 e. The van der Waals surface area contributed by atoms with Crippen molar-refractivity contribution in [3.8, 4) is 16.9 Å². The average molecular weight is 431 g/mol. The molecular formula is C23H17F4NO3. The first-order chi connectivity index (χ1) is 14.8. The molecule has 1 atom stereocenters. The van der Waals surface area contributed by atoms with Crippen molar-refractivity contribution in [1.29, 1.82) is 0 Å². The number of aromatic hydroxyl groups is 1. The molecule has 4 rings (SSSR count). The van der Waals surface area contributed by atoms with Gasteiger partial charge in [0.2, 0.25) is 0 Å². The van der Waals surface area contributed by atoms with Gasteiger partial charge in [-0.25, -0.2) is 9.18 Å². The number of carbonyl (C=O) groups excluding carboxylic acids is 1. The molecule has 0 aromatic heterocycles. The fourth-order valence-corrected chi connectivity index (χ4v) is 3.84. The number of fused-ring (bicyclic) bond motifs is 3. The number of phenolic OH excluding ortho intramolecular Hbond substituents is 1. The first-order valence-electron chi connectivity index (χ1n) is 9.42. The maximum absolute atomic E-state index is 14.0. The summed E-state index contributed by atoms with van der Waals surface area (Å²) in [6.07, 6.45) is -6.29. The molecular weight excluding hydrogens is 414 g/mol. The van der Waals surface area contributed by atoms with E-state index in [1.165, 1.54) is 0 Å². The number of hydrogen-bond donors (Lipinski definition) is 2. The molecule has 4 nitrogen and oxygen atoms in total. The average Bonchev–Trinajstić information content (AvgIpc) is 3.04. The molecule has 1 amide bonds. The third kappa shape index (κ3) is 4.05. The van der Waals surface area contributed by atoms with Gasteiger partial charge < -0.3 is 15.2 Å². The SMILES string of the molecule is O=C(N[C@@H](c1ccc(O)cc1F)C(F)(F)F)OCC1c2ccccc2-c2ccccc21. The zero-order chi connectivity index (χ0) is 22.2. The molecule has 3 aromatic carbocycles. The second kappa shape index (κ2) is 7.94. The molecule has 160 valence electrons. The number of nitrogens with one attached hydrogen (secondary N) is 1. The van der Waals surface area contributed by atoms with Gasteiger partial charge in [-0.05, 0) is 28.3 Å². The number of rotatable bonds is 4. The van der Waals surface area contributed by atoms with Crippen LogP contribution in [-0.2, 0) is 4.74 Å². The number of halogens is 4. The van der Waals surface area contributed by atoms with Crippen LogP contribution in [0.25, 0.3) is 11.1 Å². The Morgan fingerprint density at radius 3 is 2.13 bits per heavy atom. The maximum atomic E-state index is 14.0. The predicted molar refractivity (Wildman–Crippen MR) is 105 cm³/mol. The summed E-state index contributed by atoms with van der Waals surface area (Å²) in [5, 5.41) is 10.9. The van der Waals surface area contributed by atoms with Crippen molar-refractivity contribution in [2.24, 2.45) is 0 Å². The molecule has 8 heteroatoms. The topological polar surface area (TPSA) is 58.6 Å². The highest BCUT2D eigenvalue weighted by Crippen LogP contribution is 2.44. The maximum Gasteiger partial charge on any atom is 0.413 e. The molecule has 1 aliphatic rings. The molecule has 0 saturated heterocycles. The molecule has 0 bridgehead atoms. The number of alkyl halides is 3. The summed E-state index contributed by atoms with van der Waals surface area (Å²) in [7, 11) is 0. The smallest absolute Gasteiger partial charge is 0.413 e. The third-order valence-corrected chi connectivity index (χ3v) is 5.23. The van der Waals surface area contributed by atoms with E-state index in [0.29, 0.717) is 6.07 Å². The van der Waals surface area contributed by atoms with Crippen molar-refractivity contribution >= 4 is 6.09 Å². The number of amides is 1. The minimum Gasteiger partial charge on any atom is -0.508 e. The van der Waals surface area contributed by atoms with Crippen LogP contribution >= 0.6 is 0 Å². The van der Waals surface area contributed by atoms with E-state index in [9.17, 15) is 27.5 Å². The van der Waals surface area contributed by atoms with Crippen molar-refractivity contribution < 1.29 is 32.2 Å². The number of benzene rings is 3. The van der Waals surface area contributed by atoms with Gasteiger partial charge in [-0.15, -0.1) is 0 Å². The summed E-state index contributed by atoms with van der Waals surface area (Å²) in [5.41, 5.74) is 2.96. The molecule has 0 saturated carbocycles. The Labute approximate surface area is 175 Å². The molecule has 3 aromatic rings. The van der Waals surface area contributed by atoms with Gasteiger partial charge in [-0.1, -0.05) is 54.6 Å². The summed E-state index contributed by atoms with van der Waals surface area (Å²) in [6, 6.07) is 14.7. The summed E-state index contributed by atoms with van der Waals surface area (Å²) >= 11 is 0. The fraction of sp³-hybridized carbons (Fsp3) is 0.174. The Balaban J connectivity index is 1.52. The minimum atomic E-state index is -4.97. The van der Waals surface area contributed by atoms with E-state index < -0.39 is 35.4 Å². The zero-order valence-electron chi connectivity index (χ0n) is 16.0. The van der Waals surface area contributed by atoms with Crippen LogP contribution in [-0.4, -0.2) is 24.0 Å². The van der Waals surface area contributed by atoms with Crippen LogP contribution in [0.4, 0.5) is 22.4 Å².